The second-order valence-electron chi connectivity index (χ2n) is 6.88. The van der Waals surface area contributed by atoms with Gasteiger partial charge >= 0.3 is 0 Å². The maximum atomic E-state index is 13.4. The zero-order valence-electron chi connectivity index (χ0n) is 12.9. The van der Waals surface area contributed by atoms with Gasteiger partial charge in [-0.15, -0.1) is 0 Å². The van der Waals surface area contributed by atoms with E-state index in [0.29, 0.717) is 18.9 Å². The minimum atomic E-state index is -2.46. The molecular formula is C15H21F2N5O. The molecule has 1 amide bonds. The molecule has 0 spiro atoms. The number of alkyl halides is 2. The number of nitrogens with one attached hydrogen (secondary N) is 1. The molecule has 1 saturated heterocycles. The highest BCUT2D eigenvalue weighted by atomic mass is 19.3. The van der Waals surface area contributed by atoms with E-state index in [4.69, 9.17) is 0 Å². The second kappa shape index (κ2) is 5.72. The van der Waals surface area contributed by atoms with Gasteiger partial charge in [0.25, 0.3) is 6.43 Å². The fourth-order valence-corrected chi connectivity index (χ4v) is 3.83. The van der Waals surface area contributed by atoms with Crippen LogP contribution in [0.25, 0.3) is 0 Å². The minimum absolute atomic E-state index is 0.0829. The van der Waals surface area contributed by atoms with Gasteiger partial charge in [0.05, 0.1) is 0 Å². The summed E-state index contributed by atoms with van der Waals surface area (Å²) >= 11 is 0. The van der Waals surface area contributed by atoms with Crippen LogP contribution in [0.1, 0.15) is 38.1 Å². The van der Waals surface area contributed by atoms with Crippen molar-refractivity contribution in [3.8, 4) is 0 Å². The Kier molecular flexibility index (Phi) is 3.69. The van der Waals surface area contributed by atoms with Gasteiger partial charge in [-0.1, -0.05) is 0 Å². The normalized spacial score (nSPS) is 30.9. The molecule has 1 saturated carbocycles. The smallest absolute Gasteiger partial charge is 0.260 e. The molecule has 3 heterocycles. The van der Waals surface area contributed by atoms with Crippen molar-refractivity contribution in [2.75, 3.05) is 18.4 Å². The summed E-state index contributed by atoms with van der Waals surface area (Å²) in [5.41, 5.74) is 0. The highest BCUT2D eigenvalue weighted by molar-refractivity contribution is 5.81. The van der Waals surface area contributed by atoms with E-state index in [9.17, 15) is 13.6 Å². The zero-order chi connectivity index (χ0) is 16.0. The Morgan fingerprint density at radius 2 is 2.17 bits per heavy atom. The third-order valence-electron chi connectivity index (χ3n) is 5.25. The molecule has 1 aromatic rings. The van der Waals surface area contributed by atoms with Crippen LogP contribution in [0.15, 0.2) is 6.33 Å². The van der Waals surface area contributed by atoms with Gasteiger partial charge in [0.2, 0.25) is 11.9 Å². The van der Waals surface area contributed by atoms with Gasteiger partial charge in [-0.3, -0.25) is 4.79 Å². The Bertz CT molecular complexity index is 588. The molecule has 2 aliphatic heterocycles. The zero-order valence-corrected chi connectivity index (χ0v) is 12.9. The average Bonchev–Trinajstić information content (AvgIpc) is 3.30. The van der Waals surface area contributed by atoms with Crippen molar-refractivity contribution in [2.24, 2.45) is 11.8 Å². The molecule has 2 fully saturated rings. The predicted molar refractivity (Wildman–Crippen MR) is 79.1 cm³/mol. The topological polar surface area (TPSA) is 63.1 Å². The molecule has 126 valence electrons. The van der Waals surface area contributed by atoms with Crippen molar-refractivity contribution in [3.05, 3.63) is 6.33 Å². The van der Waals surface area contributed by atoms with Crippen molar-refractivity contribution in [1.29, 1.82) is 0 Å². The van der Waals surface area contributed by atoms with Crippen LogP contribution in [-0.2, 0) is 4.79 Å². The van der Waals surface area contributed by atoms with E-state index in [-0.39, 0.29) is 23.8 Å². The number of likely N-dealkylation sites (tertiary alicyclic amines) is 1. The van der Waals surface area contributed by atoms with Crippen LogP contribution >= 0.6 is 0 Å². The lowest BCUT2D eigenvalue weighted by Gasteiger charge is -2.40. The van der Waals surface area contributed by atoms with Crippen LogP contribution in [0, 0.1) is 11.8 Å². The minimum Gasteiger partial charge on any atom is -0.351 e. The van der Waals surface area contributed by atoms with Crippen molar-refractivity contribution in [1.82, 2.24) is 19.7 Å². The third-order valence-corrected chi connectivity index (χ3v) is 5.25. The van der Waals surface area contributed by atoms with Crippen LogP contribution < -0.4 is 5.32 Å². The number of rotatable bonds is 3. The number of amides is 1. The third kappa shape index (κ3) is 2.79. The number of anilines is 1. The van der Waals surface area contributed by atoms with Crippen molar-refractivity contribution < 1.29 is 13.6 Å². The van der Waals surface area contributed by atoms with Crippen LogP contribution in [0.3, 0.4) is 0 Å². The summed E-state index contributed by atoms with van der Waals surface area (Å²) in [5.74, 6) is 1.07. The summed E-state index contributed by atoms with van der Waals surface area (Å²) in [6.45, 7) is 1.46. The lowest BCUT2D eigenvalue weighted by atomic mass is 9.86. The van der Waals surface area contributed by atoms with Gasteiger partial charge in [0, 0.05) is 25.0 Å². The SMILES string of the molecule is O=C(C1CC1)N1CCC[C@@H]([C@@H]2C[C@H](C(F)F)n3ncnc3N2)C1. The van der Waals surface area contributed by atoms with Crippen LogP contribution in [0.5, 0.6) is 0 Å². The average molecular weight is 325 g/mol. The number of carbonyl (C=O) groups excluding carboxylic acids is 1. The Labute approximate surface area is 133 Å². The largest absolute Gasteiger partial charge is 0.351 e. The van der Waals surface area contributed by atoms with E-state index in [2.05, 4.69) is 15.4 Å². The van der Waals surface area contributed by atoms with Crippen LogP contribution in [-0.4, -0.2) is 51.1 Å². The van der Waals surface area contributed by atoms with Gasteiger partial charge < -0.3 is 10.2 Å². The maximum absolute atomic E-state index is 13.4. The van der Waals surface area contributed by atoms with E-state index in [1.54, 1.807) is 0 Å². The van der Waals surface area contributed by atoms with Gasteiger partial charge in [0.1, 0.15) is 12.4 Å². The monoisotopic (exact) mass is 325 g/mol. The predicted octanol–water partition coefficient (Wildman–Crippen LogP) is 1.92. The van der Waals surface area contributed by atoms with E-state index >= 15 is 0 Å². The molecule has 0 unspecified atom stereocenters. The fourth-order valence-electron chi connectivity index (χ4n) is 3.83. The first-order chi connectivity index (χ1) is 11.1. The summed E-state index contributed by atoms with van der Waals surface area (Å²) in [6.07, 6.45) is 3.06. The molecule has 0 aromatic carbocycles. The summed E-state index contributed by atoms with van der Waals surface area (Å²) < 4.78 is 28.0. The van der Waals surface area contributed by atoms with Gasteiger partial charge in [-0.2, -0.15) is 10.1 Å². The number of halogens is 2. The highest BCUT2D eigenvalue weighted by Crippen LogP contribution is 2.37. The van der Waals surface area contributed by atoms with Gasteiger partial charge in [0.15, 0.2) is 0 Å². The fraction of sp³-hybridized carbons (Fsp3) is 0.800. The van der Waals surface area contributed by atoms with Crippen molar-refractivity contribution >= 4 is 11.9 Å². The van der Waals surface area contributed by atoms with Gasteiger partial charge in [-0.05, 0) is 38.0 Å². The van der Waals surface area contributed by atoms with Crippen molar-refractivity contribution in [2.45, 2.75) is 50.6 Å². The van der Waals surface area contributed by atoms with Gasteiger partial charge in [-0.25, -0.2) is 13.5 Å². The Morgan fingerprint density at radius 3 is 2.91 bits per heavy atom. The Balaban J connectivity index is 1.48. The van der Waals surface area contributed by atoms with E-state index in [1.807, 2.05) is 4.90 Å². The Morgan fingerprint density at radius 1 is 1.35 bits per heavy atom. The summed E-state index contributed by atoms with van der Waals surface area (Å²) in [7, 11) is 0. The van der Waals surface area contributed by atoms with Crippen LogP contribution in [0.4, 0.5) is 14.7 Å². The molecule has 1 aromatic heterocycles. The first-order valence-electron chi connectivity index (χ1n) is 8.36. The molecular weight excluding hydrogens is 304 g/mol. The van der Waals surface area contributed by atoms with E-state index in [0.717, 1.165) is 32.2 Å². The molecule has 6 nitrogen and oxygen atoms in total. The number of piperidine rings is 1. The summed E-state index contributed by atoms with van der Waals surface area (Å²) in [5, 5.41) is 7.17. The lowest BCUT2D eigenvalue weighted by molar-refractivity contribution is -0.134. The summed E-state index contributed by atoms with van der Waals surface area (Å²) in [4.78, 5) is 18.3. The second-order valence-corrected chi connectivity index (χ2v) is 6.88. The van der Waals surface area contributed by atoms with E-state index in [1.165, 1.54) is 11.0 Å². The quantitative estimate of drug-likeness (QED) is 0.922. The van der Waals surface area contributed by atoms with Crippen LogP contribution in [0.2, 0.25) is 0 Å². The molecule has 3 aliphatic rings. The number of aromatic nitrogens is 3. The molecule has 4 rings (SSSR count). The van der Waals surface area contributed by atoms with E-state index < -0.39 is 12.5 Å². The first kappa shape index (κ1) is 14.8. The molecule has 0 radical (unpaired) electrons. The molecule has 1 N–H and O–H groups in total. The number of fused-ring (bicyclic) bond motifs is 1. The van der Waals surface area contributed by atoms with Crippen molar-refractivity contribution in [3.63, 3.8) is 0 Å². The molecule has 23 heavy (non-hydrogen) atoms. The number of hydrogen-bond donors (Lipinski definition) is 1. The highest BCUT2D eigenvalue weighted by Gasteiger charge is 2.40. The number of hydrogen-bond acceptors (Lipinski definition) is 4. The molecule has 8 heteroatoms. The maximum Gasteiger partial charge on any atom is 0.260 e. The molecule has 3 atom stereocenters. The number of carbonyl (C=O) groups is 1. The Hall–Kier alpha value is -1.73. The number of nitrogens with zero attached hydrogens (tertiary/aromatic N) is 4. The molecule has 0 bridgehead atoms. The molecule has 1 aliphatic carbocycles. The summed E-state index contributed by atoms with van der Waals surface area (Å²) in [6, 6.07) is -1.02. The lowest BCUT2D eigenvalue weighted by Crippen LogP contribution is -2.48. The first-order valence-corrected chi connectivity index (χ1v) is 8.36. The standard InChI is InChI=1S/C15H21F2N5O/c16-13(17)12-6-11(20-15-18-8-19-22(12)15)10-2-1-5-21(7-10)14(23)9-3-4-9/h8-13H,1-7H2,(H,18,19,20)/t10-,11+,12-/m1/s1.